The van der Waals surface area contributed by atoms with Gasteiger partial charge in [0.05, 0.1) is 0 Å². The van der Waals surface area contributed by atoms with Crippen LogP contribution in [0.4, 0.5) is 0 Å². The molecule has 0 saturated carbocycles. The largest absolute Gasteiger partial charge is 0.458 e. The average Bonchev–Trinajstić information content (AvgIpc) is 2.41. The number of pyridine rings is 1. The molecule has 0 bridgehead atoms. The quantitative estimate of drug-likeness (QED) is 0.616. The summed E-state index contributed by atoms with van der Waals surface area (Å²) in [4.78, 5) is 26.8. The molecule has 1 unspecified atom stereocenters. The van der Waals surface area contributed by atoms with Gasteiger partial charge in [0.15, 0.2) is 6.10 Å². The van der Waals surface area contributed by atoms with Crippen LogP contribution < -0.4 is 0 Å². The van der Waals surface area contributed by atoms with Crippen molar-refractivity contribution in [1.82, 2.24) is 4.98 Å². The lowest BCUT2D eigenvalue weighted by atomic mass is 9.89. The van der Waals surface area contributed by atoms with Crippen LogP contribution in [0.1, 0.15) is 25.8 Å². The van der Waals surface area contributed by atoms with E-state index in [9.17, 15) is 9.59 Å². The molecule has 0 aliphatic heterocycles. The summed E-state index contributed by atoms with van der Waals surface area (Å²) in [7, 11) is 0. The average molecular weight is 354 g/mol. The fourth-order valence-electron chi connectivity index (χ4n) is 2.34. The Morgan fingerprint density at radius 2 is 2.00 bits per heavy atom. The lowest BCUT2D eigenvalue weighted by Crippen LogP contribution is -2.40. The number of hydrogen-bond donors (Lipinski definition) is 0. The Morgan fingerprint density at radius 3 is 2.57 bits per heavy atom. The van der Waals surface area contributed by atoms with E-state index in [1.54, 1.807) is 18.5 Å². The second kappa shape index (κ2) is 6.85. The van der Waals surface area contributed by atoms with Crippen LogP contribution in [0, 0.1) is 0 Å². The molecule has 1 heterocycles. The number of hydrogen-bond acceptors (Lipinski definition) is 5. The van der Waals surface area contributed by atoms with Gasteiger partial charge in [-0.25, -0.2) is 0 Å². The molecular weight excluding hydrogens is 338 g/mol. The monoisotopic (exact) mass is 353 g/mol. The van der Waals surface area contributed by atoms with E-state index in [1.165, 1.54) is 13.8 Å². The molecule has 1 aromatic heterocycles. The molecule has 112 valence electrons. The van der Waals surface area contributed by atoms with Crippen LogP contribution >= 0.6 is 15.9 Å². The highest BCUT2D eigenvalue weighted by molar-refractivity contribution is 9.09. The van der Waals surface area contributed by atoms with Gasteiger partial charge in [0.25, 0.3) is 0 Å². The normalized spacial score (nSPS) is 24.9. The lowest BCUT2D eigenvalue weighted by Gasteiger charge is -2.33. The number of aromatic nitrogens is 1. The fourth-order valence-corrected chi connectivity index (χ4v) is 2.99. The molecule has 0 saturated heterocycles. The highest BCUT2D eigenvalue weighted by atomic mass is 79.9. The molecule has 1 aliphatic carbocycles. The summed E-state index contributed by atoms with van der Waals surface area (Å²) in [5, 5.41) is 0. The highest BCUT2D eigenvalue weighted by Gasteiger charge is 2.36. The van der Waals surface area contributed by atoms with E-state index in [0.717, 1.165) is 11.1 Å². The minimum absolute atomic E-state index is 0.0314. The smallest absolute Gasteiger partial charge is 0.303 e. The SMILES string of the molecule is CC(=O)O[C@H]1CC(Br)C=C(c2cccnc2)[C@@H]1OC(C)=O. The Kier molecular flexibility index (Phi) is 5.12. The topological polar surface area (TPSA) is 65.5 Å². The number of carbonyl (C=O) groups excluding carboxylic acids is 2. The molecule has 0 radical (unpaired) electrons. The Balaban J connectivity index is 2.37. The molecule has 0 amide bonds. The molecule has 5 nitrogen and oxygen atoms in total. The maximum atomic E-state index is 11.4. The summed E-state index contributed by atoms with van der Waals surface area (Å²) in [5.41, 5.74) is 1.63. The van der Waals surface area contributed by atoms with Gasteiger partial charge in [-0.2, -0.15) is 0 Å². The number of nitrogens with zero attached hydrogens (tertiary/aromatic N) is 1. The maximum absolute atomic E-state index is 11.4. The van der Waals surface area contributed by atoms with Crippen LogP contribution in [0.2, 0.25) is 0 Å². The summed E-state index contributed by atoms with van der Waals surface area (Å²) in [6.07, 6.45) is 4.73. The van der Waals surface area contributed by atoms with Crippen molar-refractivity contribution in [2.45, 2.75) is 37.3 Å². The molecule has 3 atom stereocenters. The summed E-state index contributed by atoms with van der Waals surface area (Å²) < 4.78 is 10.7. The first-order valence-corrected chi connectivity index (χ1v) is 7.49. The van der Waals surface area contributed by atoms with Gasteiger partial charge in [0, 0.05) is 43.1 Å². The van der Waals surface area contributed by atoms with Gasteiger partial charge in [-0.1, -0.05) is 28.1 Å². The molecule has 1 aromatic rings. The van der Waals surface area contributed by atoms with Crippen molar-refractivity contribution in [3.63, 3.8) is 0 Å². The van der Waals surface area contributed by atoms with Crippen molar-refractivity contribution >= 4 is 33.4 Å². The van der Waals surface area contributed by atoms with E-state index in [4.69, 9.17) is 9.47 Å². The number of rotatable bonds is 3. The third kappa shape index (κ3) is 4.14. The lowest BCUT2D eigenvalue weighted by molar-refractivity contribution is -0.161. The van der Waals surface area contributed by atoms with Gasteiger partial charge in [0.1, 0.15) is 6.10 Å². The number of ether oxygens (including phenoxy) is 2. The third-order valence-corrected chi connectivity index (χ3v) is 3.71. The van der Waals surface area contributed by atoms with E-state index < -0.39 is 24.1 Å². The molecule has 6 heteroatoms. The first kappa shape index (κ1) is 15.7. The van der Waals surface area contributed by atoms with Crippen molar-refractivity contribution in [1.29, 1.82) is 0 Å². The minimum atomic E-state index is -0.621. The molecule has 0 aromatic carbocycles. The Morgan fingerprint density at radius 1 is 1.29 bits per heavy atom. The molecule has 0 N–H and O–H groups in total. The molecule has 2 rings (SSSR count). The first-order chi connectivity index (χ1) is 9.97. The Hall–Kier alpha value is -1.69. The van der Waals surface area contributed by atoms with Crippen molar-refractivity contribution in [2.24, 2.45) is 0 Å². The van der Waals surface area contributed by atoms with Crippen LogP contribution in [0.3, 0.4) is 0 Å². The van der Waals surface area contributed by atoms with Crippen LogP contribution in [0.5, 0.6) is 0 Å². The number of esters is 2. The van der Waals surface area contributed by atoms with Crippen molar-refractivity contribution in [3.05, 3.63) is 36.2 Å². The van der Waals surface area contributed by atoms with Crippen LogP contribution in [0.25, 0.3) is 5.57 Å². The fraction of sp³-hybridized carbons (Fsp3) is 0.400. The van der Waals surface area contributed by atoms with E-state index in [-0.39, 0.29) is 4.83 Å². The van der Waals surface area contributed by atoms with Crippen molar-refractivity contribution < 1.29 is 19.1 Å². The van der Waals surface area contributed by atoms with Gasteiger partial charge >= 0.3 is 11.9 Å². The zero-order chi connectivity index (χ0) is 15.4. The second-order valence-corrected chi connectivity index (χ2v) is 5.97. The summed E-state index contributed by atoms with van der Waals surface area (Å²) in [5.74, 6) is -0.816. The summed E-state index contributed by atoms with van der Waals surface area (Å²) in [6, 6.07) is 3.69. The van der Waals surface area contributed by atoms with Gasteiger partial charge in [-0.3, -0.25) is 14.6 Å². The van der Waals surface area contributed by atoms with Crippen LogP contribution in [0.15, 0.2) is 30.6 Å². The first-order valence-electron chi connectivity index (χ1n) is 6.58. The number of allylic oxidation sites excluding steroid dienone is 1. The molecule has 1 aliphatic rings. The number of alkyl halides is 1. The zero-order valence-electron chi connectivity index (χ0n) is 11.8. The summed E-state index contributed by atoms with van der Waals surface area (Å²) >= 11 is 3.52. The van der Waals surface area contributed by atoms with Crippen LogP contribution in [-0.2, 0) is 19.1 Å². The maximum Gasteiger partial charge on any atom is 0.303 e. The van der Waals surface area contributed by atoms with Crippen molar-refractivity contribution in [2.75, 3.05) is 0 Å². The van der Waals surface area contributed by atoms with Crippen molar-refractivity contribution in [3.8, 4) is 0 Å². The zero-order valence-corrected chi connectivity index (χ0v) is 13.4. The molecule has 21 heavy (non-hydrogen) atoms. The van der Waals surface area contributed by atoms with Crippen LogP contribution in [-0.4, -0.2) is 34.0 Å². The molecule has 0 spiro atoms. The standard InChI is InChI=1S/C15H16BrNO4/c1-9(18)20-14-7-12(16)6-13(15(14)21-10(2)19)11-4-3-5-17-8-11/h3-6,8,12,14-15H,7H2,1-2H3/t12?,14-,15-/m0/s1. The second-order valence-electron chi connectivity index (χ2n) is 4.79. The predicted octanol–water partition coefficient (Wildman–Crippen LogP) is 2.50. The van der Waals surface area contributed by atoms with E-state index in [0.29, 0.717) is 6.42 Å². The molecular formula is C15H16BrNO4. The van der Waals surface area contributed by atoms with E-state index in [1.807, 2.05) is 12.1 Å². The predicted molar refractivity (Wildman–Crippen MR) is 80.7 cm³/mol. The molecule has 0 fully saturated rings. The van der Waals surface area contributed by atoms with E-state index >= 15 is 0 Å². The Bertz CT molecular complexity index is 558. The minimum Gasteiger partial charge on any atom is -0.458 e. The van der Waals surface area contributed by atoms with Gasteiger partial charge in [-0.05, 0) is 11.6 Å². The summed E-state index contributed by atoms with van der Waals surface area (Å²) in [6.45, 7) is 2.68. The highest BCUT2D eigenvalue weighted by Crippen LogP contribution is 2.34. The van der Waals surface area contributed by atoms with E-state index in [2.05, 4.69) is 20.9 Å². The number of carbonyl (C=O) groups is 2. The van der Waals surface area contributed by atoms with Gasteiger partial charge < -0.3 is 9.47 Å². The number of halogens is 1. The van der Waals surface area contributed by atoms with Gasteiger partial charge in [0.2, 0.25) is 0 Å². The Labute approximate surface area is 131 Å². The van der Waals surface area contributed by atoms with Gasteiger partial charge in [-0.15, -0.1) is 0 Å². The third-order valence-electron chi connectivity index (χ3n) is 3.07.